The summed E-state index contributed by atoms with van der Waals surface area (Å²) < 4.78 is 5.57. The first-order chi connectivity index (χ1) is 17.1. The van der Waals surface area contributed by atoms with Crippen LogP contribution in [0.5, 0.6) is 0 Å². The van der Waals surface area contributed by atoms with Gasteiger partial charge in [-0.05, 0) is 30.3 Å². The predicted molar refractivity (Wildman–Crippen MR) is 132 cm³/mol. The molecular weight excluding hydrogens is 444 g/mol. The van der Waals surface area contributed by atoms with Gasteiger partial charge in [0.05, 0.1) is 18.8 Å². The largest absolute Gasteiger partial charge is 0.399 e. The third kappa shape index (κ3) is 5.26. The van der Waals surface area contributed by atoms with Crippen molar-refractivity contribution in [1.82, 2.24) is 24.8 Å². The Morgan fingerprint density at radius 1 is 1.06 bits per heavy atom. The quantitative estimate of drug-likeness (QED) is 0.508. The fourth-order valence-corrected chi connectivity index (χ4v) is 4.61. The standard InChI is InChI=1S/C26H30N6O3/c1-30-12-14-31(15-13-30)18-24-27-25(29-35-24)23-16-22(28-34-2)17-32(23)26(33)21-10-8-20(9-11-21)19-6-4-3-5-7-19/h3-11,23H,12-18H2,1-2H3. The fourth-order valence-electron chi connectivity index (χ4n) is 4.61. The number of likely N-dealkylation sites (tertiary alicyclic amines) is 1. The highest BCUT2D eigenvalue weighted by Crippen LogP contribution is 2.31. The van der Waals surface area contributed by atoms with Gasteiger partial charge < -0.3 is 19.2 Å². The molecule has 35 heavy (non-hydrogen) atoms. The minimum atomic E-state index is -0.352. The molecule has 9 heteroatoms. The topological polar surface area (TPSA) is 87.3 Å². The first-order valence-electron chi connectivity index (χ1n) is 11.9. The van der Waals surface area contributed by atoms with Gasteiger partial charge in [0.25, 0.3) is 5.91 Å². The van der Waals surface area contributed by atoms with Crippen LogP contribution in [0, 0.1) is 0 Å². The Kier molecular flexibility index (Phi) is 6.87. The number of nitrogens with zero attached hydrogens (tertiary/aromatic N) is 6. The van der Waals surface area contributed by atoms with Crippen LogP contribution in [0.15, 0.2) is 64.3 Å². The van der Waals surface area contributed by atoms with Crippen LogP contribution in [0.1, 0.15) is 34.5 Å². The summed E-state index contributed by atoms with van der Waals surface area (Å²) in [5, 5.41) is 8.35. The van der Waals surface area contributed by atoms with Crippen molar-refractivity contribution in [3.8, 4) is 11.1 Å². The summed E-state index contributed by atoms with van der Waals surface area (Å²) in [6.07, 6.45) is 0.509. The highest BCUT2D eigenvalue weighted by molar-refractivity contribution is 6.00. The molecular formula is C26H30N6O3. The number of rotatable bonds is 6. The molecule has 2 aromatic carbocycles. The first kappa shape index (κ1) is 23.2. The lowest BCUT2D eigenvalue weighted by Gasteiger charge is -2.31. The molecule has 2 aliphatic rings. The predicted octanol–water partition coefficient (Wildman–Crippen LogP) is 3.07. The van der Waals surface area contributed by atoms with E-state index in [9.17, 15) is 4.79 Å². The molecule has 0 saturated carbocycles. The minimum Gasteiger partial charge on any atom is -0.399 e. The zero-order valence-corrected chi connectivity index (χ0v) is 20.1. The Hall–Kier alpha value is -3.56. The second-order valence-corrected chi connectivity index (χ2v) is 9.06. The highest BCUT2D eigenvalue weighted by atomic mass is 16.6. The van der Waals surface area contributed by atoms with Crippen molar-refractivity contribution < 1.29 is 14.2 Å². The van der Waals surface area contributed by atoms with E-state index < -0.39 is 0 Å². The lowest BCUT2D eigenvalue weighted by atomic mass is 10.0. The number of hydrogen-bond donors (Lipinski definition) is 0. The number of piperazine rings is 1. The molecule has 1 unspecified atom stereocenters. The molecule has 2 saturated heterocycles. The third-order valence-electron chi connectivity index (χ3n) is 6.61. The van der Waals surface area contributed by atoms with E-state index in [0.29, 0.717) is 36.8 Å². The zero-order valence-electron chi connectivity index (χ0n) is 20.1. The SMILES string of the molecule is CON=C1CC(c2noc(CN3CCN(C)CC3)n2)N(C(=O)c2ccc(-c3ccccc3)cc2)C1. The molecule has 3 heterocycles. The number of carbonyl (C=O) groups is 1. The average Bonchev–Trinajstić information content (AvgIpc) is 3.53. The summed E-state index contributed by atoms with van der Waals surface area (Å²) >= 11 is 0. The van der Waals surface area contributed by atoms with Crippen molar-refractivity contribution in [1.29, 1.82) is 0 Å². The van der Waals surface area contributed by atoms with Gasteiger partial charge in [-0.3, -0.25) is 9.69 Å². The molecule has 0 spiro atoms. The molecule has 182 valence electrons. The number of aromatic nitrogens is 2. The van der Waals surface area contributed by atoms with Gasteiger partial charge in [-0.25, -0.2) is 0 Å². The van der Waals surface area contributed by atoms with E-state index in [1.807, 2.05) is 42.5 Å². The number of likely N-dealkylation sites (N-methyl/N-ethyl adjacent to an activating group) is 1. The minimum absolute atomic E-state index is 0.0960. The zero-order chi connectivity index (χ0) is 24.2. The monoisotopic (exact) mass is 474 g/mol. The van der Waals surface area contributed by atoms with Crippen LogP contribution in [-0.2, 0) is 11.4 Å². The molecule has 0 N–H and O–H groups in total. The van der Waals surface area contributed by atoms with Crippen LogP contribution in [0.3, 0.4) is 0 Å². The second kappa shape index (κ2) is 10.4. The Balaban J connectivity index is 1.33. The van der Waals surface area contributed by atoms with Crippen LogP contribution in [0.25, 0.3) is 11.1 Å². The lowest BCUT2D eigenvalue weighted by Crippen LogP contribution is -2.43. The Morgan fingerprint density at radius 2 is 1.77 bits per heavy atom. The van der Waals surface area contributed by atoms with Crippen molar-refractivity contribution in [3.63, 3.8) is 0 Å². The van der Waals surface area contributed by atoms with E-state index >= 15 is 0 Å². The molecule has 0 aliphatic carbocycles. The van der Waals surface area contributed by atoms with Crippen molar-refractivity contribution >= 4 is 11.6 Å². The smallest absolute Gasteiger partial charge is 0.254 e. The Labute approximate surface area is 205 Å². The molecule has 5 rings (SSSR count). The summed E-state index contributed by atoms with van der Waals surface area (Å²) in [4.78, 5) is 29.5. The summed E-state index contributed by atoms with van der Waals surface area (Å²) in [7, 11) is 3.64. The Morgan fingerprint density at radius 3 is 2.49 bits per heavy atom. The molecule has 0 radical (unpaired) electrons. The molecule has 3 aromatic rings. The van der Waals surface area contributed by atoms with Crippen molar-refractivity contribution in [2.24, 2.45) is 5.16 Å². The first-order valence-corrected chi connectivity index (χ1v) is 11.9. The molecule has 2 aliphatic heterocycles. The van der Waals surface area contributed by atoms with Gasteiger partial charge in [0, 0.05) is 38.2 Å². The number of carbonyl (C=O) groups excluding carboxylic acids is 1. The highest BCUT2D eigenvalue weighted by Gasteiger charge is 2.38. The van der Waals surface area contributed by atoms with Crippen LogP contribution in [0.4, 0.5) is 0 Å². The number of oxime groups is 1. The maximum Gasteiger partial charge on any atom is 0.254 e. The fraction of sp³-hybridized carbons (Fsp3) is 0.385. The number of amides is 1. The van der Waals surface area contributed by atoms with Gasteiger partial charge in [-0.1, -0.05) is 52.8 Å². The molecule has 1 amide bonds. The second-order valence-electron chi connectivity index (χ2n) is 9.06. The van der Waals surface area contributed by atoms with Gasteiger partial charge in [0.15, 0.2) is 5.82 Å². The van der Waals surface area contributed by atoms with Gasteiger partial charge in [-0.15, -0.1) is 0 Å². The van der Waals surface area contributed by atoms with E-state index in [2.05, 4.69) is 44.3 Å². The maximum atomic E-state index is 13.5. The van der Waals surface area contributed by atoms with Gasteiger partial charge in [-0.2, -0.15) is 4.98 Å². The average molecular weight is 475 g/mol. The van der Waals surface area contributed by atoms with Crippen LogP contribution >= 0.6 is 0 Å². The molecule has 0 bridgehead atoms. The molecule has 9 nitrogen and oxygen atoms in total. The summed E-state index contributed by atoms with van der Waals surface area (Å²) in [5.41, 5.74) is 3.56. The molecule has 2 fully saturated rings. The normalized spacial score (nSPS) is 20.5. The van der Waals surface area contributed by atoms with E-state index in [1.54, 1.807) is 4.90 Å². The number of hydrogen-bond acceptors (Lipinski definition) is 8. The Bertz CT molecular complexity index is 1170. The summed E-state index contributed by atoms with van der Waals surface area (Å²) in [5.74, 6) is 0.979. The van der Waals surface area contributed by atoms with Crippen LogP contribution in [0.2, 0.25) is 0 Å². The third-order valence-corrected chi connectivity index (χ3v) is 6.61. The van der Waals surface area contributed by atoms with Crippen molar-refractivity contribution in [2.75, 3.05) is 46.9 Å². The van der Waals surface area contributed by atoms with Gasteiger partial charge in [0.2, 0.25) is 5.89 Å². The lowest BCUT2D eigenvalue weighted by molar-refractivity contribution is 0.0732. The van der Waals surface area contributed by atoms with Crippen molar-refractivity contribution in [2.45, 2.75) is 19.0 Å². The summed E-state index contributed by atoms with van der Waals surface area (Å²) in [6.45, 7) is 4.94. The van der Waals surface area contributed by atoms with Crippen LogP contribution < -0.4 is 0 Å². The van der Waals surface area contributed by atoms with E-state index in [0.717, 1.165) is 43.0 Å². The van der Waals surface area contributed by atoms with E-state index in [4.69, 9.17) is 9.36 Å². The van der Waals surface area contributed by atoms with Gasteiger partial charge in [0.1, 0.15) is 13.2 Å². The van der Waals surface area contributed by atoms with E-state index in [-0.39, 0.29) is 11.9 Å². The maximum absolute atomic E-state index is 13.5. The van der Waals surface area contributed by atoms with Gasteiger partial charge >= 0.3 is 0 Å². The molecule has 1 aromatic heterocycles. The van der Waals surface area contributed by atoms with Crippen LogP contribution in [-0.4, -0.2) is 83.3 Å². The summed E-state index contributed by atoms with van der Waals surface area (Å²) in [6, 6.07) is 17.4. The molecule has 1 atom stereocenters. The number of benzene rings is 2. The van der Waals surface area contributed by atoms with Crippen molar-refractivity contribution in [3.05, 3.63) is 71.9 Å². The van der Waals surface area contributed by atoms with E-state index in [1.165, 1.54) is 7.11 Å².